The minimum atomic E-state index is -1.09. The van der Waals surface area contributed by atoms with Crippen molar-refractivity contribution < 1.29 is 29.0 Å². The summed E-state index contributed by atoms with van der Waals surface area (Å²) in [5.74, 6) is -1.96. The van der Waals surface area contributed by atoms with Crippen LogP contribution in [0.15, 0.2) is 30.3 Å². The maximum absolute atomic E-state index is 14.2. The van der Waals surface area contributed by atoms with Crippen LogP contribution in [0.1, 0.15) is 65.9 Å². The molecule has 0 aromatic heterocycles. The number of hydrogen-bond donors (Lipinski definition) is 2. The number of carbonyl (C=O) groups is 4. The second-order valence-corrected chi connectivity index (χ2v) is 11.1. The largest absolute Gasteiger partial charge is 0.480 e. The highest BCUT2D eigenvalue weighted by Crippen LogP contribution is 2.39. The van der Waals surface area contributed by atoms with Crippen molar-refractivity contribution in [3.05, 3.63) is 35.9 Å². The number of nitrogens with zero attached hydrogens (tertiary/aromatic N) is 2. The summed E-state index contributed by atoms with van der Waals surface area (Å²) >= 11 is 0. The average molecular weight is 502 g/mol. The van der Waals surface area contributed by atoms with Crippen LogP contribution in [-0.2, 0) is 24.5 Å². The third kappa shape index (κ3) is 5.99. The summed E-state index contributed by atoms with van der Waals surface area (Å²) in [5.41, 5.74) is -0.635. The summed E-state index contributed by atoms with van der Waals surface area (Å²) in [5, 5.41) is 12.1. The Bertz CT molecular complexity index is 963. The van der Waals surface area contributed by atoms with Gasteiger partial charge in [-0.05, 0) is 57.9 Å². The number of benzene rings is 1. The van der Waals surface area contributed by atoms with E-state index in [-0.39, 0.29) is 11.8 Å². The van der Waals surface area contributed by atoms with Gasteiger partial charge in [-0.2, -0.15) is 0 Å². The van der Waals surface area contributed by atoms with Crippen LogP contribution in [0.2, 0.25) is 0 Å². The zero-order chi connectivity index (χ0) is 26.7. The molecule has 0 spiro atoms. The Balaban J connectivity index is 1.84. The fourth-order valence-corrected chi connectivity index (χ4v) is 5.10. The lowest BCUT2D eigenvalue weighted by molar-refractivity contribution is -0.147. The van der Waals surface area contributed by atoms with Gasteiger partial charge >= 0.3 is 12.1 Å². The molecule has 2 saturated heterocycles. The van der Waals surface area contributed by atoms with E-state index in [0.29, 0.717) is 45.3 Å². The van der Waals surface area contributed by atoms with Gasteiger partial charge in [0.1, 0.15) is 17.7 Å². The molecule has 9 nitrogen and oxygen atoms in total. The van der Waals surface area contributed by atoms with E-state index < -0.39 is 41.1 Å². The van der Waals surface area contributed by atoms with Gasteiger partial charge in [-0.3, -0.25) is 9.59 Å². The van der Waals surface area contributed by atoms with Gasteiger partial charge in [-0.15, -0.1) is 0 Å². The van der Waals surface area contributed by atoms with Crippen LogP contribution in [0.5, 0.6) is 0 Å². The molecule has 1 aromatic rings. The summed E-state index contributed by atoms with van der Waals surface area (Å²) in [4.78, 5) is 54.9. The molecule has 2 aliphatic heterocycles. The number of amides is 3. The standard InChI is InChI=1S/C27H39N3O6/c1-18(2)21(23(32)33)28-22(31)20-12-9-15-30(20)24(34)27(19-10-7-6-8-11-19)13-16-29(17-14-27)25(35)36-26(3,4)5/h6-8,10-11,18,20-21H,9,12-17H2,1-5H3,(H,28,31)(H,32,33). The Morgan fingerprint density at radius 3 is 2.19 bits per heavy atom. The first-order valence-corrected chi connectivity index (χ1v) is 12.7. The molecular weight excluding hydrogens is 462 g/mol. The van der Waals surface area contributed by atoms with E-state index in [1.54, 1.807) is 23.6 Å². The zero-order valence-electron chi connectivity index (χ0n) is 22.0. The van der Waals surface area contributed by atoms with Gasteiger partial charge in [0.2, 0.25) is 11.8 Å². The number of aliphatic carboxylic acids is 1. The monoisotopic (exact) mass is 501 g/mol. The third-order valence-electron chi connectivity index (χ3n) is 7.05. The smallest absolute Gasteiger partial charge is 0.410 e. The van der Waals surface area contributed by atoms with Gasteiger partial charge in [0.15, 0.2) is 0 Å². The number of piperidine rings is 1. The SMILES string of the molecule is CC(C)C(NC(=O)C1CCCN1C(=O)C1(c2ccccc2)CCN(C(=O)OC(C)(C)C)CC1)C(=O)O. The number of rotatable bonds is 6. The van der Waals surface area contributed by atoms with Crippen LogP contribution < -0.4 is 5.32 Å². The molecule has 2 fully saturated rings. The Morgan fingerprint density at radius 1 is 1.06 bits per heavy atom. The van der Waals surface area contributed by atoms with Crippen molar-refractivity contribution in [3.63, 3.8) is 0 Å². The van der Waals surface area contributed by atoms with Crippen LogP contribution in [0.3, 0.4) is 0 Å². The number of nitrogens with one attached hydrogen (secondary N) is 1. The van der Waals surface area contributed by atoms with Gasteiger partial charge < -0.3 is 25.0 Å². The Labute approximate surface area is 213 Å². The van der Waals surface area contributed by atoms with E-state index in [9.17, 15) is 24.3 Å². The molecule has 2 aliphatic rings. The highest BCUT2D eigenvalue weighted by atomic mass is 16.6. The van der Waals surface area contributed by atoms with Crippen LogP contribution in [0.4, 0.5) is 4.79 Å². The number of carboxylic acids is 1. The average Bonchev–Trinajstić information content (AvgIpc) is 3.31. The van der Waals surface area contributed by atoms with Crippen LogP contribution in [-0.4, -0.2) is 76.1 Å². The van der Waals surface area contributed by atoms with Crippen molar-refractivity contribution in [2.24, 2.45) is 5.92 Å². The topological polar surface area (TPSA) is 116 Å². The second-order valence-electron chi connectivity index (χ2n) is 11.1. The Hall–Kier alpha value is -3.10. The lowest BCUT2D eigenvalue weighted by atomic mass is 9.71. The molecule has 2 unspecified atom stereocenters. The maximum Gasteiger partial charge on any atom is 0.410 e. The van der Waals surface area contributed by atoms with E-state index in [2.05, 4.69) is 5.32 Å². The van der Waals surface area contributed by atoms with E-state index in [0.717, 1.165) is 5.56 Å². The van der Waals surface area contributed by atoms with Crippen molar-refractivity contribution in [1.29, 1.82) is 0 Å². The van der Waals surface area contributed by atoms with Gasteiger partial charge in [0, 0.05) is 19.6 Å². The van der Waals surface area contributed by atoms with E-state index in [1.165, 1.54) is 0 Å². The van der Waals surface area contributed by atoms with Crippen LogP contribution in [0, 0.1) is 5.92 Å². The van der Waals surface area contributed by atoms with Crippen molar-refractivity contribution in [1.82, 2.24) is 15.1 Å². The Kier molecular flexibility index (Phi) is 8.31. The lowest BCUT2D eigenvalue weighted by Gasteiger charge is -2.44. The van der Waals surface area contributed by atoms with Crippen LogP contribution >= 0.6 is 0 Å². The summed E-state index contributed by atoms with van der Waals surface area (Å²) in [6, 6.07) is 7.77. The predicted molar refractivity (Wildman–Crippen MR) is 134 cm³/mol. The van der Waals surface area contributed by atoms with Gasteiger partial charge in [-0.1, -0.05) is 44.2 Å². The number of likely N-dealkylation sites (tertiary alicyclic amines) is 2. The van der Waals surface area contributed by atoms with Crippen molar-refractivity contribution in [2.75, 3.05) is 19.6 Å². The maximum atomic E-state index is 14.2. The normalized spacial score (nSPS) is 20.7. The van der Waals surface area contributed by atoms with E-state index in [4.69, 9.17) is 4.74 Å². The molecule has 2 N–H and O–H groups in total. The van der Waals surface area contributed by atoms with Crippen molar-refractivity contribution in [3.8, 4) is 0 Å². The molecule has 1 aromatic carbocycles. The fourth-order valence-electron chi connectivity index (χ4n) is 5.10. The third-order valence-corrected chi connectivity index (χ3v) is 7.05. The molecule has 0 aliphatic carbocycles. The Morgan fingerprint density at radius 2 is 1.67 bits per heavy atom. The second kappa shape index (κ2) is 10.9. The number of carbonyl (C=O) groups excluding carboxylic acids is 3. The van der Waals surface area contributed by atoms with Crippen LogP contribution in [0.25, 0.3) is 0 Å². The molecular formula is C27H39N3O6. The van der Waals surface area contributed by atoms with Gasteiger partial charge in [-0.25, -0.2) is 9.59 Å². The van der Waals surface area contributed by atoms with Gasteiger partial charge in [0.25, 0.3) is 0 Å². The first kappa shape index (κ1) is 27.5. The molecule has 2 atom stereocenters. The molecule has 0 bridgehead atoms. The molecule has 2 heterocycles. The highest BCUT2D eigenvalue weighted by molar-refractivity contribution is 5.95. The van der Waals surface area contributed by atoms with Crippen molar-refractivity contribution in [2.45, 2.75) is 83.4 Å². The van der Waals surface area contributed by atoms with E-state index in [1.807, 2.05) is 51.1 Å². The molecule has 198 valence electrons. The number of ether oxygens (including phenoxy) is 1. The number of hydrogen-bond acceptors (Lipinski definition) is 5. The molecule has 3 rings (SSSR count). The number of carboxylic acid groups (broad SMARTS) is 1. The van der Waals surface area contributed by atoms with Gasteiger partial charge in [0.05, 0.1) is 5.41 Å². The van der Waals surface area contributed by atoms with E-state index >= 15 is 0 Å². The molecule has 9 heteroatoms. The summed E-state index contributed by atoms with van der Waals surface area (Å²) in [7, 11) is 0. The fraction of sp³-hybridized carbons (Fsp3) is 0.630. The summed E-state index contributed by atoms with van der Waals surface area (Å²) in [6.07, 6.45) is 1.56. The molecule has 3 amide bonds. The first-order chi connectivity index (χ1) is 16.9. The molecule has 0 radical (unpaired) electrons. The summed E-state index contributed by atoms with van der Waals surface area (Å²) in [6.45, 7) is 10.1. The minimum Gasteiger partial charge on any atom is -0.480 e. The molecule has 36 heavy (non-hydrogen) atoms. The highest BCUT2D eigenvalue weighted by Gasteiger charge is 2.49. The predicted octanol–water partition coefficient (Wildman–Crippen LogP) is 3.17. The lowest BCUT2D eigenvalue weighted by Crippen LogP contribution is -2.58. The summed E-state index contributed by atoms with van der Waals surface area (Å²) < 4.78 is 5.53. The molecule has 0 saturated carbocycles. The minimum absolute atomic E-state index is 0.147. The zero-order valence-corrected chi connectivity index (χ0v) is 22.0. The first-order valence-electron chi connectivity index (χ1n) is 12.7. The van der Waals surface area contributed by atoms with Crippen molar-refractivity contribution >= 4 is 23.9 Å². The quantitative estimate of drug-likeness (QED) is 0.619.